The number of nitrogens with one attached hydrogen (secondary N) is 1. The zero-order valence-electron chi connectivity index (χ0n) is 13.1. The largest absolute Gasteiger partial charge is 0.496 e. The molecule has 1 aliphatic heterocycles. The minimum atomic E-state index is -0.774. The van der Waals surface area contributed by atoms with Crippen LogP contribution in [0.4, 0.5) is 10.1 Å². The van der Waals surface area contributed by atoms with E-state index < -0.39 is 11.9 Å². The second-order valence-corrected chi connectivity index (χ2v) is 6.98. The molecule has 0 saturated heterocycles. The number of carbonyl (C=O) groups excluding carboxylic acids is 1. The molecule has 25 heavy (non-hydrogen) atoms. The number of benzene rings is 2. The second-order valence-electron chi connectivity index (χ2n) is 5.27. The Kier molecular flexibility index (Phi) is 5.39. The minimum Gasteiger partial charge on any atom is -0.496 e. The quantitative estimate of drug-likeness (QED) is 0.714. The maximum absolute atomic E-state index is 13.3. The van der Waals surface area contributed by atoms with Crippen LogP contribution in [0, 0.1) is 5.82 Å². The molecule has 0 bridgehead atoms. The fraction of sp³-hybridized carbons (Fsp3) is 0.176. The van der Waals surface area contributed by atoms with Crippen LogP contribution in [-0.2, 0) is 9.63 Å². The van der Waals surface area contributed by atoms with Crippen molar-refractivity contribution in [2.24, 2.45) is 5.16 Å². The van der Waals surface area contributed by atoms with Crippen LogP contribution in [0.5, 0.6) is 5.75 Å². The van der Waals surface area contributed by atoms with Gasteiger partial charge < -0.3 is 14.9 Å². The van der Waals surface area contributed by atoms with Gasteiger partial charge in [0.05, 0.1) is 18.5 Å². The molecule has 2 aromatic rings. The number of carbonyl (C=O) groups is 1. The summed E-state index contributed by atoms with van der Waals surface area (Å²) in [6.45, 7) is 0. The average Bonchev–Trinajstić information content (AvgIpc) is 3.08. The predicted octanol–water partition coefficient (Wildman–Crippen LogP) is 4.49. The summed E-state index contributed by atoms with van der Waals surface area (Å²) in [6, 6.07) is 9.93. The molecule has 8 heteroatoms. The van der Waals surface area contributed by atoms with E-state index in [1.807, 2.05) is 24.3 Å². The van der Waals surface area contributed by atoms with E-state index in [4.69, 9.17) is 9.57 Å². The number of methoxy groups -OCH3 is 1. The predicted molar refractivity (Wildman–Crippen MR) is 99.5 cm³/mol. The molecule has 1 amide bonds. The van der Waals surface area contributed by atoms with Crippen LogP contribution in [0.1, 0.15) is 12.0 Å². The lowest BCUT2D eigenvalue weighted by Crippen LogP contribution is -2.28. The highest BCUT2D eigenvalue weighted by Crippen LogP contribution is 2.33. The molecule has 0 fully saturated rings. The first kappa shape index (κ1) is 17.9. The summed E-state index contributed by atoms with van der Waals surface area (Å²) in [7, 11) is 1.57. The Morgan fingerprint density at radius 2 is 2.00 bits per heavy atom. The van der Waals surface area contributed by atoms with Crippen molar-refractivity contribution in [2.75, 3.05) is 12.4 Å². The van der Waals surface area contributed by atoms with Crippen LogP contribution in [0.25, 0.3) is 0 Å². The molecule has 130 valence electrons. The van der Waals surface area contributed by atoms with E-state index in [0.717, 1.165) is 5.56 Å². The Balaban J connectivity index is 1.72. The summed E-state index contributed by atoms with van der Waals surface area (Å²) in [5.41, 5.74) is 1.85. The standard InChI is InChI=1S/C17H13Br2FN2O3/c1-24-14-5-3-2-4-10(14)13-8-15(25-22-13)17(23)21-16-11(18)6-9(20)7-12(16)19/h2-7,15H,8H2,1H3,(H,21,23). The van der Waals surface area contributed by atoms with Crippen LogP contribution >= 0.6 is 31.9 Å². The smallest absolute Gasteiger partial charge is 0.268 e. The van der Waals surface area contributed by atoms with Gasteiger partial charge in [-0.25, -0.2) is 4.39 Å². The third-order valence-electron chi connectivity index (χ3n) is 3.63. The highest BCUT2D eigenvalue weighted by atomic mass is 79.9. The highest BCUT2D eigenvalue weighted by molar-refractivity contribution is 9.11. The van der Waals surface area contributed by atoms with Gasteiger partial charge in [0.2, 0.25) is 6.10 Å². The van der Waals surface area contributed by atoms with Gasteiger partial charge in [-0.2, -0.15) is 0 Å². The lowest BCUT2D eigenvalue weighted by Gasteiger charge is -2.13. The monoisotopic (exact) mass is 470 g/mol. The van der Waals surface area contributed by atoms with Crippen LogP contribution in [0.15, 0.2) is 50.5 Å². The lowest BCUT2D eigenvalue weighted by molar-refractivity contribution is -0.125. The fourth-order valence-electron chi connectivity index (χ4n) is 2.43. The fourth-order valence-corrected chi connectivity index (χ4v) is 3.75. The maximum atomic E-state index is 13.3. The van der Waals surface area contributed by atoms with Gasteiger partial charge in [0.25, 0.3) is 5.91 Å². The number of oxime groups is 1. The van der Waals surface area contributed by atoms with E-state index in [-0.39, 0.29) is 5.91 Å². The molecular weight excluding hydrogens is 459 g/mol. The summed E-state index contributed by atoms with van der Waals surface area (Å²) in [6.07, 6.45) is -0.466. The van der Waals surface area contributed by atoms with Crippen molar-refractivity contribution in [1.82, 2.24) is 0 Å². The topological polar surface area (TPSA) is 59.9 Å². The van der Waals surface area contributed by atoms with Gasteiger partial charge >= 0.3 is 0 Å². The molecule has 0 saturated carbocycles. The van der Waals surface area contributed by atoms with Crippen molar-refractivity contribution in [1.29, 1.82) is 0 Å². The van der Waals surface area contributed by atoms with Gasteiger partial charge in [0.1, 0.15) is 11.6 Å². The summed E-state index contributed by atoms with van der Waals surface area (Å²) in [5, 5.41) is 6.73. The van der Waals surface area contributed by atoms with Gasteiger partial charge in [0.15, 0.2) is 0 Å². The number of para-hydroxylation sites is 1. The minimum absolute atomic E-state index is 0.308. The van der Waals surface area contributed by atoms with Crippen LogP contribution in [0.3, 0.4) is 0 Å². The van der Waals surface area contributed by atoms with Gasteiger partial charge in [-0.3, -0.25) is 4.79 Å². The molecule has 1 aliphatic rings. The Labute approximate surface area is 160 Å². The van der Waals surface area contributed by atoms with Crippen molar-refractivity contribution < 1.29 is 18.8 Å². The van der Waals surface area contributed by atoms with Gasteiger partial charge in [0, 0.05) is 20.9 Å². The Bertz CT molecular complexity index is 835. The van der Waals surface area contributed by atoms with E-state index in [1.165, 1.54) is 12.1 Å². The van der Waals surface area contributed by atoms with Crippen molar-refractivity contribution in [3.8, 4) is 5.75 Å². The van der Waals surface area contributed by atoms with Crippen molar-refractivity contribution >= 4 is 49.2 Å². The lowest BCUT2D eigenvalue weighted by atomic mass is 10.0. The summed E-state index contributed by atoms with van der Waals surface area (Å²) in [4.78, 5) is 17.7. The summed E-state index contributed by atoms with van der Waals surface area (Å²) >= 11 is 6.46. The first-order valence-corrected chi connectivity index (χ1v) is 8.89. The Hall–Kier alpha value is -1.93. The highest BCUT2D eigenvalue weighted by Gasteiger charge is 2.30. The van der Waals surface area contributed by atoms with Crippen LogP contribution < -0.4 is 10.1 Å². The molecule has 2 aromatic carbocycles. The number of amides is 1. The molecule has 5 nitrogen and oxygen atoms in total. The number of rotatable bonds is 4. The van der Waals surface area contributed by atoms with Crippen molar-refractivity contribution in [3.63, 3.8) is 0 Å². The number of halogens is 3. The number of nitrogens with zero attached hydrogens (tertiary/aromatic N) is 1. The molecule has 1 heterocycles. The first-order valence-electron chi connectivity index (χ1n) is 7.31. The first-order chi connectivity index (χ1) is 12.0. The van der Waals surface area contributed by atoms with E-state index in [1.54, 1.807) is 7.11 Å². The van der Waals surface area contributed by atoms with Crippen LogP contribution in [0.2, 0.25) is 0 Å². The summed E-state index contributed by atoms with van der Waals surface area (Å²) in [5.74, 6) is -0.132. The molecular formula is C17H13Br2FN2O3. The number of hydrogen-bond donors (Lipinski definition) is 1. The maximum Gasteiger partial charge on any atom is 0.268 e. The molecule has 0 radical (unpaired) electrons. The third-order valence-corrected chi connectivity index (χ3v) is 4.89. The number of ether oxygens (including phenoxy) is 1. The van der Waals surface area contributed by atoms with Gasteiger partial charge in [-0.1, -0.05) is 17.3 Å². The molecule has 0 aliphatic carbocycles. The van der Waals surface area contributed by atoms with Gasteiger partial charge in [-0.05, 0) is 56.1 Å². The van der Waals surface area contributed by atoms with Crippen molar-refractivity contribution in [3.05, 3.63) is 56.7 Å². The molecule has 3 rings (SSSR count). The zero-order valence-corrected chi connectivity index (χ0v) is 16.2. The van der Waals surface area contributed by atoms with Crippen molar-refractivity contribution in [2.45, 2.75) is 12.5 Å². The SMILES string of the molecule is COc1ccccc1C1=NOC(C(=O)Nc2c(Br)cc(F)cc2Br)C1. The molecule has 1 atom stereocenters. The Morgan fingerprint density at radius 3 is 2.68 bits per heavy atom. The van der Waals surface area contributed by atoms with Crippen LogP contribution in [-0.4, -0.2) is 24.8 Å². The van der Waals surface area contributed by atoms with E-state index in [0.29, 0.717) is 32.5 Å². The van der Waals surface area contributed by atoms with E-state index >= 15 is 0 Å². The molecule has 1 unspecified atom stereocenters. The summed E-state index contributed by atoms with van der Waals surface area (Å²) < 4.78 is 19.5. The van der Waals surface area contributed by atoms with E-state index in [2.05, 4.69) is 42.3 Å². The van der Waals surface area contributed by atoms with E-state index in [9.17, 15) is 9.18 Å². The average molecular weight is 472 g/mol. The molecule has 0 spiro atoms. The Morgan fingerprint density at radius 1 is 1.32 bits per heavy atom. The number of hydrogen-bond acceptors (Lipinski definition) is 4. The normalized spacial score (nSPS) is 16.2. The van der Waals surface area contributed by atoms with Gasteiger partial charge in [-0.15, -0.1) is 0 Å². The third kappa shape index (κ3) is 3.85. The second kappa shape index (κ2) is 7.53. The zero-order chi connectivity index (χ0) is 18.0. The molecule has 0 aromatic heterocycles. The molecule has 1 N–H and O–H groups in total. The number of anilines is 1.